The fraction of sp³-hybridized carbons (Fsp3) is 0.600. The molecule has 1 aromatic heterocycles. The standard InChI is InChI=1S/C10H14N2O4S/c1-7-11-5-9(16-7)10(13)12(2)8-3-4-17(14,15)6-8/h5,8H,3-4,6H2,1-2H3. The van der Waals surface area contributed by atoms with Gasteiger partial charge < -0.3 is 9.32 Å². The summed E-state index contributed by atoms with van der Waals surface area (Å²) in [5, 5.41) is 0. The van der Waals surface area contributed by atoms with E-state index in [0.717, 1.165) is 0 Å². The molecule has 0 bridgehead atoms. The van der Waals surface area contributed by atoms with E-state index in [9.17, 15) is 13.2 Å². The molecule has 6 nitrogen and oxygen atoms in total. The maximum absolute atomic E-state index is 12.0. The molecule has 1 aromatic rings. The van der Waals surface area contributed by atoms with E-state index in [1.54, 1.807) is 14.0 Å². The first-order valence-corrected chi connectivity index (χ1v) is 7.11. The third kappa shape index (κ3) is 2.49. The van der Waals surface area contributed by atoms with Crippen LogP contribution in [0.5, 0.6) is 0 Å². The van der Waals surface area contributed by atoms with Gasteiger partial charge in [0.2, 0.25) is 5.76 Å². The van der Waals surface area contributed by atoms with E-state index in [1.165, 1.54) is 11.1 Å². The zero-order chi connectivity index (χ0) is 12.6. The molecule has 0 aliphatic carbocycles. The number of rotatable bonds is 2. The highest BCUT2D eigenvalue weighted by atomic mass is 32.2. The van der Waals surface area contributed by atoms with Gasteiger partial charge in [-0.05, 0) is 6.42 Å². The van der Waals surface area contributed by atoms with Gasteiger partial charge in [0.05, 0.1) is 17.7 Å². The van der Waals surface area contributed by atoms with Gasteiger partial charge >= 0.3 is 0 Å². The SMILES string of the molecule is Cc1ncc(C(=O)N(C)C2CCS(=O)(=O)C2)o1. The Morgan fingerprint density at radius 3 is 2.76 bits per heavy atom. The molecule has 2 rings (SSSR count). The molecule has 7 heteroatoms. The van der Waals surface area contributed by atoms with Crippen LogP contribution in [0.15, 0.2) is 10.6 Å². The highest BCUT2D eigenvalue weighted by Crippen LogP contribution is 2.18. The lowest BCUT2D eigenvalue weighted by molar-refractivity contribution is 0.0714. The van der Waals surface area contributed by atoms with E-state index >= 15 is 0 Å². The summed E-state index contributed by atoms with van der Waals surface area (Å²) in [7, 11) is -1.40. The summed E-state index contributed by atoms with van der Waals surface area (Å²) in [4.78, 5) is 17.2. The average Bonchev–Trinajstić information content (AvgIpc) is 2.82. The van der Waals surface area contributed by atoms with E-state index in [-0.39, 0.29) is 29.2 Å². The van der Waals surface area contributed by atoms with Crippen LogP contribution >= 0.6 is 0 Å². The molecule has 1 aliphatic heterocycles. The molecule has 0 N–H and O–H groups in total. The number of aryl methyl sites for hydroxylation is 1. The molecule has 1 unspecified atom stereocenters. The minimum absolute atomic E-state index is 0.0301. The Morgan fingerprint density at radius 2 is 2.29 bits per heavy atom. The van der Waals surface area contributed by atoms with Crippen LogP contribution in [-0.2, 0) is 9.84 Å². The van der Waals surface area contributed by atoms with Gasteiger partial charge in [-0.25, -0.2) is 13.4 Å². The van der Waals surface area contributed by atoms with Crippen molar-refractivity contribution in [1.82, 2.24) is 9.88 Å². The molecule has 1 amide bonds. The summed E-state index contributed by atoms with van der Waals surface area (Å²) >= 11 is 0. The number of aromatic nitrogens is 1. The van der Waals surface area contributed by atoms with Gasteiger partial charge in [0.1, 0.15) is 0 Å². The van der Waals surface area contributed by atoms with Crippen LogP contribution in [-0.4, -0.2) is 48.8 Å². The van der Waals surface area contributed by atoms with Crippen molar-refractivity contribution in [3.8, 4) is 0 Å². The van der Waals surface area contributed by atoms with E-state index in [2.05, 4.69) is 4.98 Å². The van der Waals surface area contributed by atoms with E-state index < -0.39 is 9.84 Å². The summed E-state index contributed by atoms with van der Waals surface area (Å²) in [6.07, 6.45) is 1.84. The smallest absolute Gasteiger partial charge is 0.291 e. The Kier molecular flexibility index (Phi) is 2.94. The lowest BCUT2D eigenvalue weighted by Crippen LogP contribution is -2.37. The fourth-order valence-electron chi connectivity index (χ4n) is 1.88. The van der Waals surface area contributed by atoms with Crippen molar-refractivity contribution >= 4 is 15.7 Å². The Hall–Kier alpha value is -1.37. The fourth-order valence-corrected chi connectivity index (χ4v) is 3.66. The number of nitrogens with zero attached hydrogens (tertiary/aromatic N) is 2. The first-order chi connectivity index (χ1) is 7.89. The van der Waals surface area contributed by atoms with Crippen LogP contribution in [0.2, 0.25) is 0 Å². The molecule has 1 fully saturated rings. The zero-order valence-corrected chi connectivity index (χ0v) is 10.5. The molecule has 0 saturated carbocycles. The number of hydrogen-bond acceptors (Lipinski definition) is 5. The quantitative estimate of drug-likeness (QED) is 0.759. The second-order valence-corrected chi connectivity index (χ2v) is 6.45. The van der Waals surface area contributed by atoms with Crippen LogP contribution < -0.4 is 0 Å². The molecule has 0 spiro atoms. The van der Waals surface area contributed by atoms with Crippen molar-refractivity contribution in [2.45, 2.75) is 19.4 Å². The molecule has 2 heterocycles. The van der Waals surface area contributed by atoms with Crippen LogP contribution in [0.25, 0.3) is 0 Å². The number of carbonyl (C=O) groups excluding carboxylic acids is 1. The predicted octanol–water partition coefficient (Wildman–Crippen LogP) is 0.242. The lowest BCUT2D eigenvalue weighted by atomic mass is 10.2. The normalized spacial score (nSPS) is 22.6. The van der Waals surface area contributed by atoms with Gasteiger partial charge in [-0.1, -0.05) is 0 Å². The highest BCUT2D eigenvalue weighted by molar-refractivity contribution is 7.91. The minimum atomic E-state index is -2.99. The van der Waals surface area contributed by atoms with Crippen LogP contribution in [0.4, 0.5) is 0 Å². The summed E-state index contributed by atoms with van der Waals surface area (Å²) in [5.74, 6) is 0.412. The molecule has 0 aromatic carbocycles. The summed E-state index contributed by atoms with van der Waals surface area (Å²) < 4.78 is 27.8. The maximum Gasteiger partial charge on any atom is 0.291 e. The molecule has 17 heavy (non-hydrogen) atoms. The van der Waals surface area contributed by atoms with E-state index in [1.807, 2.05) is 0 Å². The van der Waals surface area contributed by atoms with Crippen molar-refractivity contribution in [3.05, 3.63) is 17.8 Å². The van der Waals surface area contributed by atoms with Crippen LogP contribution in [0, 0.1) is 6.92 Å². The molecule has 94 valence electrons. The third-order valence-electron chi connectivity index (χ3n) is 2.91. The Morgan fingerprint density at radius 1 is 1.59 bits per heavy atom. The van der Waals surface area contributed by atoms with Crippen molar-refractivity contribution < 1.29 is 17.6 Å². The minimum Gasteiger partial charge on any atom is -0.436 e. The molecule has 1 saturated heterocycles. The average molecular weight is 258 g/mol. The van der Waals surface area contributed by atoms with Crippen molar-refractivity contribution in [2.24, 2.45) is 0 Å². The Labute approximate surface area is 99.5 Å². The van der Waals surface area contributed by atoms with Crippen LogP contribution in [0.3, 0.4) is 0 Å². The highest BCUT2D eigenvalue weighted by Gasteiger charge is 2.33. The monoisotopic (exact) mass is 258 g/mol. The molecular weight excluding hydrogens is 244 g/mol. The lowest BCUT2D eigenvalue weighted by Gasteiger charge is -2.21. The topological polar surface area (TPSA) is 80.5 Å². The van der Waals surface area contributed by atoms with Crippen molar-refractivity contribution in [1.29, 1.82) is 0 Å². The second kappa shape index (κ2) is 4.14. The Balaban J connectivity index is 2.11. The number of hydrogen-bond donors (Lipinski definition) is 0. The molecule has 1 atom stereocenters. The number of carbonyl (C=O) groups is 1. The van der Waals surface area contributed by atoms with Crippen LogP contribution in [0.1, 0.15) is 22.9 Å². The van der Waals surface area contributed by atoms with Crippen molar-refractivity contribution in [3.63, 3.8) is 0 Å². The maximum atomic E-state index is 12.0. The number of oxazole rings is 1. The van der Waals surface area contributed by atoms with Gasteiger partial charge in [-0.2, -0.15) is 0 Å². The predicted molar refractivity (Wildman–Crippen MR) is 60.4 cm³/mol. The third-order valence-corrected chi connectivity index (χ3v) is 4.66. The number of sulfone groups is 1. The van der Waals surface area contributed by atoms with Crippen molar-refractivity contribution in [2.75, 3.05) is 18.6 Å². The first-order valence-electron chi connectivity index (χ1n) is 5.29. The van der Waals surface area contributed by atoms with E-state index in [0.29, 0.717) is 12.3 Å². The molecule has 0 radical (unpaired) electrons. The van der Waals surface area contributed by atoms with E-state index in [4.69, 9.17) is 4.42 Å². The number of amides is 1. The Bertz CT molecular complexity index is 534. The van der Waals surface area contributed by atoms with Gasteiger partial charge in [0.15, 0.2) is 15.7 Å². The molecule has 1 aliphatic rings. The van der Waals surface area contributed by atoms with Gasteiger partial charge in [-0.3, -0.25) is 4.79 Å². The van der Waals surface area contributed by atoms with Gasteiger partial charge in [0, 0.05) is 20.0 Å². The summed E-state index contributed by atoms with van der Waals surface area (Å²) in [5.41, 5.74) is 0. The van der Waals surface area contributed by atoms with Gasteiger partial charge in [-0.15, -0.1) is 0 Å². The first kappa shape index (κ1) is 12.1. The molecular formula is C10H14N2O4S. The largest absolute Gasteiger partial charge is 0.436 e. The van der Waals surface area contributed by atoms with Gasteiger partial charge in [0.25, 0.3) is 5.91 Å². The summed E-state index contributed by atoms with van der Waals surface area (Å²) in [6, 6.07) is -0.266. The zero-order valence-electron chi connectivity index (χ0n) is 9.71. The second-order valence-electron chi connectivity index (χ2n) is 4.22. The summed E-state index contributed by atoms with van der Waals surface area (Å²) in [6.45, 7) is 1.65.